The molecule has 0 aliphatic carbocycles. The smallest absolute Gasteiger partial charge is 0.317 e. The number of nitrogens with zero attached hydrogens (tertiary/aromatic N) is 1. The molecule has 0 atom stereocenters. The van der Waals surface area contributed by atoms with Crippen molar-refractivity contribution < 1.29 is 22.7 Å². The molecule has 8 nitrogen and oxygen atoms in total. The highest BCUT2D eigenvalue weighted by Crippen LogP contribution is 2.33. The molecule has 2 fully saturated rings. The molecule has 2 aliphatic heterocycles. The van der Waals surface area contributed by atoms with Gasteiger partial charge in [-0.25, -0.2) is 18.4 Å². The van der Waals surface area contributed by atoms with Gasteiger partial charge in [0, 0.05) is 38.3 Å². The molecule has 0 unspecified atom stereocenters. The van der Waals surface area contributed by atoms with E-state index in [1.165, 1.54) is 12.1 Å². The van der Waals surface area contributed by atoms with Gasteiger partial charge in [0.05, 0.1) is 18.1 Å². The number of carbonyl (C=O) groups excluding carboxylic acids is 1. The van der Waals surface area contributed by atoms with Crippen molar-refractivity contribution in [1.82, 2.24) is 10.2 Å². The van der Waals surface area contributed by atoms with Gasteiger partial charge in [0.2, 0.25) is 10.0 Å². The highest BCUT2D eigenvalue weighted by Gasteiger charge is 2.37. The minimum absolute atomic E-state index is 0.0286. The number of benzene rings is 1. The average Bonchev–Trinajstić information content (AvgIpc) is 2.83. The second-order valence-corrected chi connectivity index (χ2v) is 8.94. The van der Waals surface area contributed by atoms with Crippen LogP contribution in [0.4, 0.5) is 4.79 Å². The van der Waals surface area contributed by atoms with Crippen molar-refractivity contribution in [3.8, 4) is 0 Å². The summed E-state index contributed by atoms with van der Waals surface area (Å²) in [7, 11) is -3.73. The standard InChI is InChI=1S/C18H27N3O5S/c1-14-10-16(27(19,23)24)3-2-15(14)11-20-17(22)21-6-9-26-13-18(12-21)4-7-25-8-5-18/h2-3,10H,4-9,11-13H2,1H3,(H,20,22)(H2,19,23,24). The zero-order valence-electron chi connectivity index (χ0n) is 15.6. The molecule has 1 aromatic carbocycles. The molecule has 1 spiro atoms. The Morgan fingerprint density at radius 3 is 2.67 bits per heavy atom. The van der Waals surface area contributed by atoms with E-state index in [2.05, 4.69) is 5.32 Å². The normalized spacial score (nSPS) is 20.3. The lowest BCUT2D eigenvalue weighted by Gasteiger charge is -2.38. The van der Waals surface area contributed by atoms with Gasteiger partial charge in [0.1, 0.15) is 0 Å². The lowest BCUT2D eigenvalue weighted by Crippen LogP contribution is -2.48. The van der Waals surface area contributed by atoms with Crippen LogP contribution in [0.5, 0.6) is 0 Å². The van der Waals surface area contributed by atoms with E-state index in [-0.39, 0.29) is 16.3 Å². The summed E-state index contributed by atoms with van der Waals surface area (Å²) < 4.78 is 34.1. The van der Waals surface area contributed by atoms with E-state index < -0.39 is 10.0 Å². The second-order valence-electron chi connectivity index (χ2n) is 7.38. The highest BCUT2D eigenvalue weighted by molar-refractivity contribution is 7.89. The predicted molar refractivity (Wildman–Crippen MR) is 99.7 cm³/mol. The summed E-state index contributed by atoms with van der Waals surface area (Å²) in [6.07, 6.45) is 1.79. The van der Waals surface area contributed by atoms with Gasteiger partial charge in [-0.3, -0.25) is 0 Å². The Morgan fingerprint density at radius 2 is 2.00 bits per heavy atom. The van der Waals surface area contributed by atoms with Crippen LogP contribution in [0, 0.1) is 12.3 Å². The monoisotopic (exact) mass is 397 g/mol. The van der Waals surface area contributed by atoms with Crippen LogP contribution < -0.4 is 10.5 Å². The number of amides is 2. The average molecular weight is 397 g/mol. The van der Waals surface area contributed by atoms with Crippen LogP contribution in [0.25, 0.3) is 0 Å². The van der Waals surface area contributed by atoms with Gasteiger partial charge >= 0.3 is 6.03 Å². The summed E-state index contributed by atoms with van der Waals surface area (Å²) >= 11 is 0. The van der Waals surface area contributed by atoms with Gasteiger partial charge in [-0.05, 0) is 43.0 Å². The Bertz CT molecular complexity index is 790. The van der Waals surface area contributed by atoms with Crippen molar-refractivity contribution in [2.75, 3.05) is 39.5 Å². The fraction of sp³-hybridized carbons (Fsp3) is 0.611. The largest absolute Gasteiger partial charge is 0.381 e. The number of carbonyl (C=O) groups is 1. The third kappa shape index (κ3) is 4.98. The molecular formula is C18H27N3O5S. The van der Waals surface area contributed by atoms with Crippen LogP contribution in [0.1, 0.15) is 24.0 Å². The summed E-state index contributed by atoms with van der Waals surface area (Å²) in [5.41, 5.74) is 1.59. The van der Waals surface area contributed by atoms with E-state index in [0.29, 0.717) is 46.1 Å². The van der Waals surface area contributed by atoms with Crippen molar-refractivity contribution in [1.29, 1.82) is 0 Å². The Kier molecular flexibility index (Phi) is 6.05. The summed E-state index contributed by atoms with van der Waals surface area (Å²) in [6.45, 7) is 5.93. The Labute approximate surface area is 160 Å². The minimum atomic E-state index is -3.73. The topological polar surface area (TPSA) is 111 Å². The molecule has 2 amide bonds. The molecule has 27 heavy (non-hydrogen) atoms. The number of aryl methyl sites for hydroxylation is 1. The van der Waals surface area contributed by atoms with Gasteiger partial charge in [0.15, 0.2) is 0 Å². The summed E-state index contributed by atoms with van der Waals surface area (Å²) in [4.78, 5) is 14.6. The first-order valence-corrected chi connectivity index (χ1v) is 10.6. The number of hydrogen-bond donors (Lipinski definition) is 2. The Hall–Kier alpha value is -1.68. The van der Waals surface area contributed by atoms with E-state index >= 15 is 0 Å². The van der Waals surface area contributed by atoms with Gasteiger partial charge in [-0.2, -0.15) is 0 Å². The molecule has 2 heterocycles. The lowest BCUT2D eigenvalue weighted by molar-refractivity contribution is -0.0295. The maximum Gasteiger partial charge on any atom is 0.317 e. The third-order valence-electron chi connectivity index (χ3n) is 5.35. The highest BCUT2D eigenvalue weighted by atomic mass is 32.2. The van der Waals surface area contributed by atoms with Crippen molar-refractivity contribution in [2.24, 2.45) is 10.6 Å². The zero-order chi connectivity index (χ0) is 19.5. The fourth-order valence-corrected chi connectivity index (χ4v) is 4.20. The molecule has 9 heteroatoms. The SMILES string of the molecule is Cc1cc(S(N)(=O)=O)ccc1CNC(=O)N1CCOCC2(CCOCC2)C1. The van der Waals surface area contributed by atoms with Crippen molar-refractivity contribution in [3.63, 3.8) is 0 Å². The van der Waals surface area contributed by atoms with E-state index in [4.69, 9.17) is 14.6 Å². The molecule has 3 N–H and O–H groups in total. The molecule has 1 aromatic rings. The Balaban J connectivity index is 1.63. The quantitative estimate of drug-likeness (QED) is 0.790. The van der Waals surface area contributed by atoms with Gasteiger partial charge in [-0.15, -0.1) is 0 Å². The molecule has 0 radical (unpaired) electrons. The van der Waals surface area contributed by atoms with E-state index in [9.17, 15) is 13.2 Å². The van der Waals surface area contributed by atoms with Crippen LogP contribution in [0.2, 0.25) is 0 Å². The van der Waals surface area contributed by atoms with E-state index in [1.54, 1.807) is 13.0 Å². The molecule has 0 aromatic heterocycles. The maximum absolute atomic E-state index is 12.7. The van der Waals surface area contributed by atoms with Crippen molar-refractivity contribution >= 4 is 16.1 Å². The maximum atomic E-state index is 12.7. The first-order chi connectivity index (χ1) is 12.8. The summed E-state index contributed by atoms with van der Waals surface area (Å²) in [5.74, 6) is 0. The number of primary sulfonamides is 1. The molecule has 2 saturated heterocycles. The van der Waals surface area contributed by atoms with Gasteiger partial charge in [-0.1, -0.05) is 6.07 Å². The number of sulfonamides is 1. The van der Waals surface area contributed by atoms with E-state index in [1.807, 2.05) is 4.90 Å². The summed E-state index contributed by atoms with van der Waals surface area (Å²) in [5, 5.41) is 8.09. The predicted octanol–water partition coefficient (Wildman–Crippen LogP) is 0.981. The summed E-state index contributed by atoms with van der Waals surface area (Å²) in [6, 6.07) is 4.52. The third-order valence-corrected chi connectivity index (χ3v) is 6.26. The number of rotatable bonds is 3. The lowest BCUT2D eigenvalue weighted by atomic mass is 9.80. The van der Waals surface area contributed by atoms with Crippen molar-refractivity contribution in [3.05, 3.63) is 29.3 Å². The second kappa shape index (κ2) is 8.14. The molecule has 0 saturated carbocycles. The van der Waals surface area contributed by atoms with Crippen LogP contribution in [-0.4, -0.2) is 58.9 Å². The molecule has 3 rings (SSSR count). The van der Waals surface area contributed by atoms with Crippen LogP contribution in [-0.2, 0) is 26.0 Å². The van der Waals surface area contributed by atoms with Crippen LogP contribution in [0.15, 0.2) is 23.1 Å². The molecule has 0 bridgehead atoms. The first-order valence-electron chi connectivity index (χ1n) is 9.10. The fourth-order valence-electron chi connectivity index (χ4n) is 3.60. The number of nitrogens with two attached hydrogens (primary N) is 1. The Morgan fingerprint density at radius 1 is 1.26 bits per heavy atom. The number of urea groups is 1. The molecular weight excluding hydrogens is 370 g/mol. The molecule has 2 aliphatic rings. The number of nitrogens with one attached hydrogen (secondary N) is 1. The van der Waals surface area contributed by atoms with Crippen LogP contribution >= 0.6 is 0 Å². The molecule has 150 valence electrons. The zero-order valence-corrected chi connectivity index (χ0v) is 16.4. The van der Waals surface area contributed by atoms with E-state index in [0.717, 1.165) is 24.0 Å². The number of ether oxygens (including phenoxy) is 2. The van der Waals surface area contributed by atoms with Crippen molar-refractivity contribution in [2.45, 2.75) is 31.2 Å². The first kappa shape index (κ1) is 20.1. The minimum Gasteiger partial charge on any atom is -0.381 e. The van der Waals surface area contributed by atoms with Gasteiger partial charge < -0.3 is 19.7 Å². The van der Waals surface area contributed by atoms with Gasteiger partial charge in [0.25, 0.3) is 0 Å². The van der Waals surface area contributed by atoms with Crippen LogP contribution in [0.3, 0.4) is 0 Å². The number of hydrogen-bond acceptors (Lipinski definition) is 5.